The summed E-state index contributed by atoms with van der Waals surface area (Å²) in [6.07, 6.45) is 10.7. The van der Waals surface area contributed by atoms with Crippen molar-refractivity contribution in [2.24, 2.45) is 0 Å². The smallest absolute Gasteiger partial charge is 0.240 e. The predicted molar refractivity (Wildman–Crippen MR) is 85.2 cm³/mol. The van der Waals surface area contributed by atoms with E-state index in [4.69, 9.17) is 0 Å². The Morgan fingerprint density at radius 2 is 1.95 bits per heavy atom. The van der Waals surface area contributed by atoms with E-state index in [1.807, 2.05) is 5.38 Å². The molecule has 4 nitrogen and oxygen atoms in total. The first-order chi connectivity index (χ1) is 8.84. The number of hydrogen-bond acceptors (Lipinski definition) is 4. The van der Waals surface area contributed by atoms with Crippen LogP contribution < -0.4 is 10.6 Å². The van der Waals surface area contributed by atoms with E-state index in [0.29, 0.717) is 17.7 Å². The summed E-state index contributed by atoms with van der Waals surface area (Å²) in [6, 6.07) is 0.507. The molecule has 1 amide bonds. The standard InChI is InChI=1S/C13H21N3OS.BrH/c17-12(16-13-14-8-9-18-13)10-15-11-6-4-2-1-3-5-7-11;/h8-9,11,15H,1-7,10H2,(H,14,16,17);1H. The summed E-state index contributed by atoms with van der Waals surface area (Å²) in [4.78, 5) is 15.7. The van der Waals surface area contributed by atoms with E-state index < -0.39 is 0 Å². The number of anilines is 1. The number of rotatable bonds is 4. The molecule has 19 heavy (non-hydrogen) atoms. The maximum Gasteiger partial charge on any atom is 0.240 e. The van der Waals surface area contributed by atoms with Gasteiger partial charge in [-0.25, -0.2) is 4.98 Å². The summed E-state index contributed by atoms with van der Waals surface area (Å²) in [5.74, 6) is 0.00649. The number of hydrogen-bond donors (Lipinski definition) is 2. The van der Waals surface area contributed by atoms with Gasteiger partial charge in [-0.1, -0.05) is 32.1 Å². The van der Waals surface area contributed by atoms with Crippen molar-refractivity contribution >= 4 is 39.4 Å². The van der Waals surface area contributed by atoms with Crippen molar-refractivity contribution in [2.75, 3.05) is 11.9 Å². The van der Waals surface area contributed by atoms with Crippen LogP contribution in [-0.4, -0.2) is 23.5 Å². The van der Waals surface area contributed by atoms with Gasteiger partial charge in [0.15, 0.2) is 5.13 Å². The van der Waals surface area contributed by atoms with Gasteiger partial charge in [-0.2, -0.15) is 0 Å². The second kappa shape index (κ2) is 9.44. The lowest BCUT2D eigenvalue weighted by Crippen LogP contribution is -2.36. The van der Waals surface area contributed by atoms with Crippen LogP contribution in [0.5, 0.6) is 0 Å². The quantitative estimate of drug-likeness (QED) is 0.877. The van der Waals surface area contributed by atoms with Gasteiger partial charge in [-0.15, -0.1) is 28.3 Å². The van der Waals surface area contributed by atoms with Crippen LogP contribution in [0.3, 0.4) is 0 Å². The van der Waals surface area contributed by atoms with Crippen LogP contribution in [0, 0.1) is 0 Å². The van der Waals surface area contributed by atoms with E-state index in [9.17, 15) is 4.79 Å². The zero-order chi connectivity index (χ0) is 12.6. The molecule has 1 fully saturated rings. The molecule has 108 valence electrons. The van der Waals surface area contributed by atoms with Gasteiger partial charge in [-0.05, 0) is 12.8 Å². The van der Waals surface area contributed by atoms with Gasteiger partial charge in [0.2, 0.25) is 5.91 Å². The van der Waals surface area contributed by atoms with Crippen molar-refractivity contribution in [3.05, 3.63) is 11.6 Å². The van der Waals surface area contributed by atoms with Crippen LogP contribution in [-0.2, 0) is 4.79 Å². The second-order valence-electron chi connectivity index (χ2n) is 4.81. The molecule has 0 bridgehead atoms. The summed E-state index contributed by atoms with van der Waals surface area (Å²) in [7, 11) is 0. The third-order valence-electron chi connectivity index (χ3n) is 3.34. The van der Waals surface area contributed by atoms with Crippen LogP contribution in [0.25, 0.3) is 0 Å². The number of carbonyl (C=O) groups excluding carboxylic acids is 1. The summed E-state index contributed by atoms with van der Waals surface area (Å²) in [5, 5.41) is 8.70. The minimum atomic E-state index is 0. The van der Waals surface area contributed by atoms with Gasteiger partial charge in [0.1, 0.15) is 0 Å². The number of halogens is 1. The molecule has 6 heteroatoms. The number of aromatic nitrogens is 1. The molecule has 1 saturated carbocycles. The molecule has 1 heterocycles. The normalized spacial score (nSPS) is 17.1. The molecule has 0 aromatic carbocycles. The third kappa shape index (κ3) is 6.49. The van der Waals surface area contributed by atoms with E-state index in [-0.39, 0.29) is 22.9 Å². The van der Waals surface area contributed by atoms with Crippen LogP contribution >= 0.6 is 28.3 Å². The van der Waals surface area contributed by atoms with Gasteiger partial charge >= 0.3 is 0 Å². The number of nitrogens with one attached hydrogen (secondary N) is 2. The second-order valence-corrected chi connectivity index (χ2v) is 5.70. The molecular formula is C13H22BrN3OS. The van der Waals surface area contributed by atoms with Gasteiger partial charge in [-0.3, -0.25) is 4.79 Å². The van der Waals surface area contributed by atoms with E-state index in [2.05, 4.69) is 15.6 Å². The van der Waals surface area contributed by atoms with Crippen molar-refractivity contribution in [1.29, 1.82) is 0 Å². The minimum absolute atomic E-state index is 0. The molecule has 0 unspecified atom stereocenters. The van der Waals surface area contributed by atoms with Crippen molar-refractivity contribution in [3.8, 4) is 0 Å². The van der Waals surface area contributed by atoms with Gasteiger partial charge < -0.3 is 10.6 Å². The molecule has 0 saturated heterocycles. The highest BCUT2D eigenvalue weighted by Crippen LogP contribution is 2.17. The first-order valence-corrected chi connectivity index (χ1v) is 7.65. The summed E-state index contributed by atoms with van der Waals surface area (Å²) in [5.41, 5.74) is 0. The average molecular weight is 348 g/mol. The highest BCUT2D eigenvalue weighted by molar-refractivity contribution is 8.93. The monoisotopic (exact) mass is 347 g/mol. The van der Waals surface area contributed by atoms with E-state index >= 15 is 0 Å². The molecule has 1 aliphatic rings. The van der Waals surface area contributed by atoms with E-state index in [1.54, 1.807) is 6.20 Å². The lowest BCUT2D eigenvalue weighted by Gasteiger charge is -2.20. The number of nitrogens with zero attached hydrogens (tertiary/aromatic N) is 1. The average Bonchev–Trinajstić information content (AvgIpc) is 2.80. The Labute approximate surface area is 129 Å². The molecule has 2 N–H and O–H groups in total. The fraction of sp³-hybridized carbons (Fsp3) is 0.692. The van der Waals surface area contributed by atoms with Crippen molar-refractivity contribution < 1.29 is 4.79 Å². The Morgan fingerprint density at radius 3 is 2.58 bits per heavy atom. The number of carbonyl (C=O) groups is 1. The summed E-state index contributed by atoms with van der Waals surface area (Å²) >= 11 is 1.45. The SMILES string of the molecule is Br.O=C(CNC1CCCCCCC1)Nc1nccs1. The fourth-order valence-electron chi connectivity index (χ4n) is 2.35. The fourth-order valence-corrected chi connectivity index (χ4v) is 2.89. The Balaban J connectivity index is 0.00000180. The van der Waals surface area contributed by atoms with E-state index in [0.717, 1.165) is 0 Å². The molecule has 1 aromatic heterocycles. The molecule has 0 atom stereocenters. The highest BCUT2D eigenvalue weighted by Gasteiger charge is 2.12. The first kappa shape index (κ1) is 16.6. The predicted octanol–water partition coefficient (Wildman–Crippen LogP) is 3.36. The lowest BCUT2D eigenvalue weighted by atomic mass is 9.97. The van der Waals surface area contributed by atoms with Crippen LogP contribution in [0.15, 0.2) is 11.6 Å². The van der Waals surface area contributed by atoms with Crippen molar-refractivity contribution in [2.45, 2.75) is 51.0 Å². The lowest BCUT2D eigenvalue weighted by molar-refractivity contribution is -0.115. The Bertz CT molecular complexity index is 351. The largest absolute Gasteiger partial charge is 0.306 e. The van der Waals surface area contributed by atoms with Gasteiger partial charge in [0.25, 0.3) is 0 Å². The molecule has 0 radical (unpaired) electrons. The van der Waals surface area contributed by atoms with Crippen LogP contribution in [0.2, 0.25) is 0 Å². The molecule has 0 aliphatic heterocycles. The van der Waals surface area contributed by atoms with Crippen LogP contribution in [0.4, 0.5) is 5.13 Å². The first-order valence-electron chi connectivity index (χ1n) is 6.77. The number of amides is 1. The maximum atomic E-state index is 11.7. The van der Waals surface area contributed by atoms with Crippen molar-refractivity contribution in [3.63, 3.8) is 0 Å². The summed E-state index contributed by atoms with van der Waals surface area (Å²) in [6.45, 7) is 0.393. The molecule has 1 aliphatic carbocycles. The zero-order valence-electron chi connectivity index (χ0n) is 11.1. The third-order valence-corrected chi connectivity index (χ3v) is 4.02. The minimum Gasteiger partial charge on any atom is -0.306 e. The van der Waals surface area contributed by atoms with E-state index in [1.165, 1.54) is 56.3 Å². The Hall–Kier alpha value is -0.460. The highest BCUT2D eigenvalue weighted by atomic mass is 79.9. The number of thiazole rings is 1. The zero-order valence-corrected chi connectivity index (χ0v) is 13.6. The van der Waals surface area contributed by atoms with Crippen LogP contribution in [0.1, 0.15) is 44.9 Å². The molecule has 2 rings (SSSR count). The van der Waals surface area contributed by atoms with Gasteiger partial charge in [0, 0.05) is 17.6 Å². The van der Waals surface area contributed by atoms with Crippen molar-refractivity contribution in [1.82, 2.24) is 10.3 Å². The Morgan fingerprint density at radius 1 is 1.26 bits per heavy atom. The molecule has 0 spiro atoms. The molecular weight excluding hydrogens is 326 g/mol. The topological polar surface area (TPSA) is 54.0 Å². The van der Waals surface area contributed by atoms with Gasteiger partial charge in [0.05, 0.1) is 6.54 Å². The Kier molecular flexibility index (Phi) is 8.25. The summed E-state index contributed by atoms with van der Waals surface area (Å²) < 4.78 is 0. The maximum absolute atomic E-state index is 11.7. The molecule has 1 aromatic rings.